The zero-order valence-electron chi connectivity index (χ0n) is 20.3. The number of likely N-dealkylation sites (tertiary alicyclic amines) is 1. The summed E-state index contributed by atoms with van der Waals surface area (Å²) in [5.41, 5.74) is 0.896. The molecule has 1 aliphatic heterocycles. The van der Waals surface area contributed by atoms with Gasteiger partial charge in [-0.2, -0.15) is 5.26 Å². The molecule has 0 spiro atoms. The summed E-state index contributed by atoms with van der Waals surface area (Å²) in [5.74, 6) is 1.13. The Kier molecular flexibility index (Phi) is 9.43. The Bertz CT molecular complexity index is 1180. The molecule has 2 aromatic carbocycles. The standard InChI is InChI=1S/C21H22ClFN4O2.C4H8N2/c1-12-7-13(10-27(12)2)29-19-8-14-17(9-18(19)28-3)24-11-25-21(14)26-16-6-4-5-15(22)20(16)23;1-6-4-2-3-5/h4-6,8-9,11-13H,7,10H2,1-3H3,(H,24,25,26);6H,2,4H2,1H3/t12-,13?;/m1./s1. The Morgan fingerprint density at radius 3 is 2.71 bits per heavy atom. The lowest BCUT2D eigenvalue weighted by Crippen LogP contribution is -2.23. The maximum atomic E-state index is 14.3. The molecule has 1 aliphatic rings. The van der Waals surface area contributed by atoms with Crippen LogP contribution in [0.15, 0.2) is 36.7 Å². The van der Waals surface area contributed by atoms with Crippen LogP contribution < -0.4 is 20.1 Å². The van der Waals surface area contributed by atoms with Gasteiger partial charge in [0.25, 0.3) is 0 Å². The van der Waals surface area contributed by atoms with E-state index in [1.54, 1.807) is 25.3 Å². The highest BCUT2D eigenvalue weighted by Gasteiger charge is 2.28. The summed E-state index contributed by atoms with van der Waals surface area (Å²) in [6.07, 6.45) is 3.02. The minimum absolute atomic E-state index is 0.0403. The number of likely N-dealkylation sites (N-methyl/N-ethyl adjacent to an activating group) is 1. The lowest BCUT2D eigenvalue weighted by Gasteiger charge is -2.17. The second kappa shape index (κ2) is 12.5. The first-order valence-electron chi connectivity index (χ1n) is 11.3. The van der Waals surface area contributed by atoms with Gasteiger partial charge in [0.1, 0.15) is 18.2 Å². The molecule has 0 aliphatic carbocycles. The van der Waals surface area contributed by atoms with Crippen molar-refractivity contribution >= 4 is 34.0 Å². The molecule has 35 heavy (non-hydrogen) atoms. The molecule has 1 unspecified atom stereocenters. The van der Waals surface area contributed by atoms with Gasteiger partial charge < -0.3 is 20.1 Å². The normalized spacial score (nSPS) is 17.4. The minimum Gasteiger partial charge on any atom is -0.493 e. The van der Waals surface area contributed by atoms with E-state index in [1.807, 2.05) is 19.2 Å². The van der Waals surface area contributed by atoms with Crippen molar-refractivity contribution < 1.29 is 13.9 Å². The number of anilines is 2. The number of nitrogens with one attached hydrogen (secondary N) is 2. The van der Waals surface area contributed by atoms with Gasteiger partial charge in [-0.25, -0.2) is 14.4 Å². The largest absolute Gasteiger partial charge is 0.493 e. The number of nitrogens with zero attached hydrogens (tertiary/aromatic N) is 4. The van der Waals surface area contributed by atoms with Crippen LogP contribution in [0.1, 0.15) is 19.8 Å². The quantitative estimate of drug-likeness (QED) is 0.448. The second-order valence-electron chi connectivity index (χ2n) is 8.24. The number of methoxy groups -OCH3 is 1. The van der Waals surface area contributed by atoms with E-state index in [2.05, 4.69) is 39.5 Å². The fourth-order valence-electron chi connectivity index (χ4n) is 3.73. The summed E-state index contributed by atoms with van der Waals surface area (Å²) in [5, 5.41) is 14.5. The molecule has 2 atom stereocenters. The van der Waals surface area contributed by atoms with Gasteiger partial charge in [0.2, 0.25) is 0 Å². The lowest BCUT2D eigenvalue weighted by atomic mass is 10.2. The summed E-state index contributed by atoms with van der Waals surface area (Å²) in [6, 6.07) is 10.9. The first-order chi connectivity index (χ1) is 16.9. The predicted octanol–water partition coefficient (Wildman–Crippen LogP) is 4.77. The van der Waals surface area contributed by atoms with Gasteiger partial charge in [0, 0.05) is 43.4 Å². The van der Waals surface area contributed by atoms with Crippen molar-refractivity contribution in [3.8, 4) is 17.6 Å². The molecule has 186 valence electrons. The number of benzene rings is 2. The van der Waals surface area contributed by atoms with Gasteiger partial charge >= 0.3 is 0 Å². The predicted molar refractivity (Wildman–Crippen MR) is 136 cm³/mol. The Hall–Kier alpha value is -3.19. The van der Waals surface area contributed by atoms with Crippen molar-refractivity contribution in [2.24, 2.45) is 0 Å². The van der Waals surface area contributed by atoms with Crippen molar-refractivity contribution in [2.75, 3.05) is 39.6 Å². The molecular weight excluding hydrogens is 471 g/mol. The van der Waals surface area contributed by atoms with Crippen LogP contribution in [0.5, 0.6) is 11.5 Å². The number of halogens is 2. The van der Waals surface area contributed by atoms with Crippen LogP contribution in [0, 0.1) is 17.1 Å². The van der Waals surface area contributed by atoms with Crippen molar-refractivity contribution in [3.05, 3.63) is 47.5 Å². The average molecular weight is 501 g/mol. The molecule has 0 bridgehead atoms. The van der Waals surface area contributed by atoms with E-state index in [9.17, 15) is 4.39 Å². The number of hydrogen-bond acceptors (Lipinski definition) is 8. The smallest absolute Gasteiger partial charge is 0.165 e. The van der Waals surface area contributed by atoms with Crippen LogP contribution in [0.4, 0.5) is 15.9 Å². The summed E-state index contributed by atoms with van der Waals surface area (Å²) in [7, 11) is 5.51. The van der Waals surface area contributed by atoms with Crippen LogP contribution in [0.25, 0.3) is 10.9 Å². The van der Waals surface area contributed by atoms with E-state index < -0.39 is 5.82 Å². The molecule has 8 nitrogen and oxygen atoms in total. The van der Waals surface area contributed by atoms with Crippen LogP contribution in [0.2, 0.25) is 5.02 Å². The third kappa shape index (κ3) is 6.69. The van der Waals surface area contributed by atoms with Gasteiger partial charge in [-0.3, -0.25) is 4.90 Å². The summed E-state index contributed by atoms with van der Waals surface area (Å²) < 4.78 is 26.1. The molecular formula is C25H30ClFN6O2. The molecule has 2 heterocycles. The van der Waals surface area contributed by atoms with Crippen molar-refractivity contribution in [3.63, 3.8) is 0 Å². The van der Waals surface area contributed by atoms with E-state index in [1.165, 1.54) is 12.4 Å². The molecule has 2 N–H and O–H groups in total. The monoisotopic (exact) mass is 500 g/mol. The first kappa shape index (κ1) is 26.4. The van der Waals surface area contributed by atoms with Crippen LogP contribution in [0.3, 0.4) is 0 Å². The van der Waals surface area contributed by atoms with Crippen LogP contribution in [-0.2, 0) is 0 Å². The van der Waals surface area contributed by atoms with Crippen LogP contribution >= 0.6 is 11.6 Å². The van der Waals surface area contributed by atoms with E-state index in [0.717, 1.165) is 19.5 Å². The maximum Gasteiger partial charge on any atom is 0.165 e. The van der Waals surface area contributed by atoms with E-state index in [0.29, 0.717) is 40.7 Å². The molecule has 1 saturated heterocycles. The average Bonchev–Trinajstić information content (AvgIpc) is 3.17. The number of aromatic nitrogens is 2. The van der Waals surface area contributed by atoms with Gasteiger partial charge in [-0.1, -0.05) is 17.7 Å². The van der Waals surface area contributed by atoms with Crippen molar-refractivity contribution in [1.82, 2.24) is 20.2 Å². The molecule has 0 saturated carbocycles. The Morgan fingerprint density at radius 2 is 2.09 bits per heavy atom. The number of fused-ring (bicyclic) bond motifs is 1. The topological polar surface area (TPSA) is 95.3 Å². The fraction of sp³-hybridized carbons (Fsp3) is 0.400. The Labute approximate surface area is 210 Å². The fourth-order valence-corrected chi connectivity index (χ4v) is 3.90. The second-order valence-corrected chi connectivity index (χ2v) is 8.65. The van der Waals surface area contributed by atoms with Gasteiger partial charge in [0.05, 0.1) is 29.4 Å². The molecule has 4 rings (SSSR count). The Balaban J connectivity index is 0.000000509. The first-order valence-corrected chi connectivity index (χ1v) is 11.7. The van der Waals surface area contributed by atoms with Crippen molar-refractivity contribution in [2.45, 2.75) is 31.9 Å². The van der Waals surface area contributed by atoms with Gasteiger partial charge in [-0.05, 0) is 39.2 Å². The maximum absolute atomic E-state index is 14.3. The molecule has 0 amide bonds. The summed E-state index contributed by atoms with van der Waals surface area (Å²) in [6.45, 7) is 3.82. The SMILES string of the molecule is CNCCC#N.COc1cc2ncnc(Nc3cccc(Cl)c3F)c2cc1OC1C[C@@H](C)N(C)C1. The van der Waals surface area contributed by atoms with Gasteiger partial charge in [-0.15, -0.1) is 0 Å². The van der Waals surface area contributed by atoms with E-state index >= 15 is 0 Å². The highest BCUT2D eigenvalue weighted by Crippen LogP contribution is 2.37. The zero-order valence-corrected chi connectivity index (χ0v) is 21.1. The molecule has 1 aromatic heterocycles. The zero-order chi connectivity index (χ0) is 25.4. The third-order valence-electron chi connectivity index (χ3n) is 5.75. The molecule has 10 heteroatoms. The highest BCUT2D eigenvalue weighted by atomic mass is 35.5. The van der Waals surface area contributed by atoms with E-state index in [4.69, 9.17) is 26.3 Å². The Morgan fingerprint density at radius 1 is 1.29 bits per heavy atom. The molecule has 0 radical (unpaired) electrons. The van der Waals surface area contributed by atoms with E-state index in [-0.39, 0.29) is 16.8 Å². The number of nitriles is 1. The number of ether oxygens (including phenoxy) is 2. The van der Waals surface area contributed by atoms with Gasteiger partial charge in [0.15, 0.2) is 17.3 Å². The molecule has 3 aromatic rings. The van der Waals surface area contributed by atoms with Crippen LogP contribution in [-0.4, -0.2) is 61.3 Å². The lowest BCUT2D eigenvalue weighted by molar-refractivity contribution is 0.200. The molecule has 1 fully saturated rings. The number of rotatable bonds is 7. The summed E-state index contributed by atoms with van der Waals surface area (Å²) in [4.78, 5) is 10.9. The minimum atomic E-state index is -0.533. The highest BCUT2D eigenvalue weighted by molar-refractivity contribution is 6.31. The number of hydrogen-bond donors (Lipinski definition) is 2. The summed E-state index contributed by atoms with van der Waals surface area (Å²) >= 11 is 5.89. The van der Waals surface area contributed by atoms with Crippen molar-refractivity contribution in [1.29, 1.82) is 5.26 Å². The third-order valence-corrected chi connectivity index (χ3v) is 6.05.